The average molecular weight is 2040 g/mol. The molecule has 0 bridgehead atoms. The van der Waals surface area contributed by atoms with Gasteiger partial charge in [0, 0.05) is 88.5 Å². The van der Waals surface area contributed by atoms with Crippen molar-refractivity contribution in [1.29, 1.82) is 0 Å². The molecule has 148 heavy (non-hydrogen) atoms. The van der Waals surface area contributed by atoms with E-state index in [-0.39, 0.29) is 134 Å². The summed E-state index contributed by atoms with van der Waals surface area (Å²) < 4.78 is 0. The standard InChI is InChI=1S/C38H50BN5O6.C37H54BN5O6.C36H54BN5O7/c1-25(2)21-29(36(46)43-35(28-13-15-31(40)16-14-28)38(48)44-19-17-30(18-20-44)39(49)50)24-34(45)33(23-27-11-7-4-8-12-27)42-37(47)32(41)22-26-9-5-3-6-10-26;1-25(2)20-29(35(45)41-31(14-8-9-17-39)37(47)43-18-15-30(16-19-43)38(48)49)23-34(44)32(21-26-10-4-3-5-11-26)42-36(46)33-22-27-12-6-7-13-28(27)24-40-33;1-25(2)21-28(33(44)40-30(15-9-10-18-38)35(46)42-19-16-36(47,17-20-42)37(48)49)24-32(43)31(23-27-13-7-4-8-14-27)41-34(45)29(39)22-26-11-5-3-6-12-26/h3-16,25,29-30,32-33,35,49-50H,17-24,40-41H2,1-2H3,(H,42,47)(H,43,46);3-7,10-13,25,29-33,40,48-49H,8-9,14-24,39H2,1-2H3,(H,41,45)(H,42,46);3-8,11-14,25,28-31,47-49H,9-10,15-24,38-39H2,1-2H3,(H,40,44)(H,41,45)/t29-,32+,33+,35+;29-,31+,32+,33+;28-,29+,30+,31+/m000/s1. The Kier molecular flexibility index (Phi) is 49.7. The summed E-state index contributed by atoms with van der Waals surface area (Å²) in [6.45, 7) is 14.8. The molecule has 11 rings (SSSR count). The SMILES string of the molecule is CC(C)C[C@@H](CC(=O)[C@@H](Cc1ccccc1)NC(=O)[C@H](N)Cc1ccccc1)C(=O)N[C@@H](C(=O)N1CCC(B(O)O)CC1)c1ccc(N)cc1.CC(C)C[C@@H](CC(=O)[C@@H](Cc1ccccc1)NC(=O)[C@H](N)Cc1ccccc1)C(=O)N[C@H](CCCCN)C(=O)N1CCC(O)(B(O)O)CC1.CC(C)C[C@@H](CC(=O)[C@@H](Cc1ccccc1)NC(=O)[C@H]1Cc2ccccc2CN1)C(=O)N[C@H](CCCCN)C(=O)N1CCC(B(O)O)CC1. The molecule has 34 nitrogen and oxygen atoms in total. The molecule has 0 spiro atoms. The summed E-state index contributed by atoms with van der Waals surface area (Å²) in [5, 5.41) is 88.9. The van der Waals surface area contributed by atoms with Crippen LogP contribution in [-0.2, 0) is 103 Å². The molecule has 0 saturated carbocycles. The van der Waals surface area contributed by atoms with Gasteiger partial charge >= 0.3 is 21.4 Å². The first-order chi connectivity index (χ1) is 70.8. The van der Waals surface area contributed by atoms with Crippen LogP contribution in [0.1, 0.15) is 208 Å². The molecule has 800 valence electrons. The summed E-state index contributed by atoms with van der Waals surface area (Å²) in [5.74, 6) is -6.78. The summed E-state index contributed by atoms with van der Waals surface area (Å²) in [6, 6.07) is 54.0. The zero-order valence-corrected chi connectivity index (χ0v) is 86.7. The Bertz CT molecular complexity index is 5300. The largest absolute Gasteiger partial charge is 0.485 e. The molecule has 4 aliphatic rings. The lowest BCUT2D eigenvalue weighted by Gasteiger charge is -2.39. The van der Waals surface area contributed by atoms with Gasteiger partial charge < -0.3 is 116 Å². The Labute approximate surface area is 872 Å². The third-order valence-corrected chi connectivity index (χ3v) is 28.2. The molecule has 3 fully saturated rings. The van der Waals surface area contributed by atoms with Gasteiger partial charge in [-0.15, -0.1) is 0 Å². The Balaban J connectivity index is 0.000000247. The van der Waals surface area contributed by atoms with Crippen molar-refractivity contribution in [1.82, 2.24) is 51.9 Å². The molecule has 0 radical (unpaired) electrons. The number of hydrogen-bond acceptors (Lipinski definition) is 25. The van der Waals surface area contributed by atoms with Crippen molar-refractivity contribution in [2.75, 3.05) is 58.1 Å². The van der Waals surface area contributed by atoms with Crippen molar-refractivity contribution in [3.05, 3.63) is 245 Å². The number of piperidine rings is 3. The molecule has 0 aliphatic carbocycles. The maximum atomic E-state index is 14.1. The quantitative estimate of drug-likeness (QED) is 0.0121. The van der Waals surface area contributed by atoms with Crippen LogP contribution in [0.4, 0.5) is 5.69 Å². The van der Waals surface area contributed by atoms with Crippen molar-refractivity contribution >= 4 is 97.6 Å². The highest BCUT2D eigenvalue weighted by Crippen LogP contribution is 2.33. The number of likely N-dealkylation sites (tertiary alicyclic amines) is 3. The lowest BCUT2D eigenvalue weighted by molar-refractivity contribution is -0.140. The Hall–Kier alpha value is -11.7. The molecule has 7 aromatic rings. The van der Waals surface area contributed by atoms with Gasteiger partial charge in [-0.25, -0.2) is 0 Å². The molecule has 4 aliphatic heterocycles. The number of hydrogen-bond donors (Lipinski definition) is 19. The number of carbonyl (C=O) groups is 12. The Morgan fingerprint density at radius 1 is 0.385 bits per heavy atom. The lowest BCUT2D eigenvalue weighted by atomic mass is 9.63. The minimum atomic E-state index is -1.92. The molecular weight excluding hydrogens is 1880 g/mol. The van der Waals surface area contributed by atoms with E-state index >= 15 is 0 Å². The van der Waals surface area contributed by atoms with E-state index in [0.29, 0.717) is 166 Å². The number of amides is 9. The van der Waals surface area contributed by atoms with E-state index in [0.717, 1.165) is 38.9 Å². The number of Topliss-reactive ketones (excluding diaryl/α,β-unsaturated/α-hetero) is 3. The van der Waals surface area contributed by atoms with Gasteiger partial charge in [-0.3, -0.25) is 57.5 Å². The molecule has 4 heterocycles. The Morgan fingerprint density at radius 2 is 0.703 bits per heavy atom. The number of anilines is 1. The minimum Gasteiger partial charge on any atom is -0.427 e. The van der Waals surface area contributed by atoms with Gasteiger partial charge in [-0.2, -0.15) is 0 Å². The number of nitrogens with two attached hydrogens (primary N) is 5. The first-order valence-corrected chi connectivity index (χ1v) is 52.6. The van der Waals surface area contributed by atoms with Crippen molar-refractivity contribution in [2.24, 2.45) is 58.4 Å². The van der Waals surface area contributed by atoms with E-state index in [9.17, 15) is 92.8 Å². The van der Waals surface area contributed by atoms with Gasteiger partial charge in [-0.05, 0) is 234 Å². The minimum absolute atomic E-state index is 0.0200. The number of nitrogens with one attached hydrogen (secondary N) is 7. The van der Waals surface area contributed by atoms with Crippen molar-refractivity contribution in [2.45, 2.75) is 274 Å². The number of benzene rings is 7. The first kappa shape index (κ1) is 120. The van der Waals surface area contributed by atoms with Crippen LogP contribution in [0.2, 0.25) is 11.6 Å². The molecule has 24 N–H and O–H groups in total. The average Bonchev–Trinajstić information content (AvgIpc) is 0.763. The van der Waals surface area contributed by atoms with Crippen LogP contribution in [0, 0.1) is 35.5 Å². The molecule has 3 saturated heterocycles. The van der Waals surface area contributed by atoms with E-state index in [1.165, 1.54) is 4.90 Å². The third kappa shape index (κ3) is 39.3. The van der Waals surface area contributed by atoms with E-state index in [2.05, 4.69) is 37.2 Å². The van der Waals surface area contributed by atoms with Crippen LogP contribution < -0.4 is 65.9 Å². The maximum Gasteiger partial charge on any atom is 0.485 e. The van der Waals surface area contributed by atoms with Gasteiger partial charge in [0.2, 0.25) is 53.2 Å². The van der Waals surface area contributed by atoms with Crippen LogP contribution in [0.5, 0.6) is 0 Å². The summed E-state index contributed by atoms with van der Waals surface area (Å²) in [5.41, 5.74) is 35.9. The zero-order chi connectivity index (χ0) is 108. The van der Waals surface area contributed by atoms with Crippen LogP contribution in [0.25, 0.3) is 0 Å². The summed E-state index contributed by atoms with van der Waals surface area (Å²) in [4.78, 5) is 170. The maximum absolute atomic E-state index is 14.1. The van der Waals surface area contributed by atoms with Gasteiger partial charge in [0.25, 0.3) is 0 Å². The predicted octanol–water partition coefficient (Wildman–Crippen LogP) is 5.82. The second-order valence-electron chi connectivity index (χ2n) is 41.5. The van der Waals surface area contributed by atoms with E-state index in [4.69, 9.17) is 28.7 Å². The zero-order valence-electron chi connectivity index (χ0n) is 86.7. The van der Waals surface area contributed by atoms with Crippen molar-refractivity contribution in [3.63, 3.8) is 0 Å². The van der Waals surface area contributed by atoms with Crippen LogP contribution in [-0.4, -0.2) is 248 Å². The normalized spacial score (nSPS) is 16.9. The number of nitrogen functional groups attached to an aromatic ring is 1. The molecule has 0 aromatic heterocycles. The fraction of sp³-hybridized carbons (Fsp3) is 0.514. The molecule has 12 atom stereocenters. The number of carbonyl (C=O) groups excluding carboxylic acids is 12. The summed E-state index contributed by atoms with van der Waals surface area (Å²) in [6.07, 6.45) is 7.74. The molecule has 0 unspecified atom stereocenters. The summed E-state index contributed by atoms with van der Waals surface area (Å²) >= 11 is 0. The molecule has 37 heteroatoms. The fourth-order valence-electron chi connectivity index (χ4n) is 19.5. The van der Waals surface area contributed by atoms with Crippen LogP contribution in [0.3, 0.4) is 0 Å². The van der Waals surface area contributed by atoms with E-state index in [1.54, 1.807) is 34.1 Å². The smallest absolute Gasteiger partial charge is 0.427 e. The number of rotatable bonds is 52. The van der Waals surface area contributed by atoms with E-state index < -0.39 is 123 Å². The summed E-state index contributed by atoms with van der Waals surface area (Å²) in [7, 11) is -4.80. The highest BCUT2D eigenvalue weighted by Gasteiger charge is 2.46. The molecule has 9 amide bonds. The number of fused-ring (bicyclic) bond motifs is 1. The predicted molar refractivity (Wildman–Crippen MR) is 573 cm³/mol. The van der Waals surface area contributed by atoms with Crippen molar-refractivity contribution < 1.29 is 92.8 Å². The van der Waals surface area contributed by atoms with Gasteiger partial charge in [0.15, 0.2) is 17.3 Å². The topological polar surface area (TPSA) is 570 Å². The van der Waals surface area contributed by atoms with Crippen LogP contribution >= 0.6 is 0 Å². The molecular formula is C111H158B3N15O19. The fourth-order valence-corrected chi connectivity index (χ4v) is 19.5. The van der Waals surface area contributed by atoms with Crippen LogP contribution in [0.15, 0.2) is 200 Å². The van der Waals surface area contributed by atoms with Gasteiger partial charge in [0.1, 0.15) is 23.6 Å². The number of ketones is 3. The van der Waals surface area contributed by atoms with Gasteiger partial charge in [0.05, 0.1) is 36.3 Å². The highest BCUT2D eigenvalue weighted by molar-refractivity contribution is 6.45. The molecule has 7 aromatic carbocycles. The highest BCUT2D eigenvalue weighted by atomic mass is 16.4. The lowest BCUT2D eigenvalue weighted by Crippen LogP contribution is -2.58. The Morgan fingerprint density at radius 3 is 1.05 bits per heavy atom. The second kappa shape index (κ2) is 61.4. The monoisotopic (exact) mass is 2040 g/mol. The number of unbranched alkanes of at least 4 members (excludes halogenated alkanes) is 2. The third-order valence-electron chi connectivity index (χ3n) is 28.2. The van der Waals surface area contributed by atoms with Gasteiger partial charge in [-0.1, -0.05) is 230 Å². The second-order valence-corrected chi connectivity index (χ2v) is 41.5. The van der Waals surface area contributed by atoms with E-state index in [1.807, 2.05) is 217 Å². The number of nitrogens with zero attached hydrogens (tertiary/aromatic N) is 3. The first-order valence-electron chi connectivity index (χ1n) is 52.6. The van der Waals surface area contributed by atoms with Crippen molar-refractivity contribution in [3.8, 4) is 0 Å². The number of aliphatic hydroxyl groups is 1.